The van der Waals surface area contributed by atoms with E-state index in [2.05, 4.69) is 23.8 Å². The molecule has 2 aromatic heterocycles. The van der Waals surface area contributed by atoms with Crippen molar-refractivity contribution in [1.29, 1.82) is 0 Å². The molecular formula is C34H52N2O4Zn. The van der Waals surface area contributed by atoms with Crippen LogP contribution in [0.3, 0.4) is 0 Å². The summed E-state index contributed by atoms with van der Waals surface area (Å²) in [5.74, 6) is -2.39. The summed E-state index contributed by atoms with van der Waals surface area (Å²) in [6.07, 6.45) is 24.9. The number of hydrogen-bond donors (Lipinski definition) is 0. The summed E-state index contributed by atoms with van der Waals surface area (Å²) in [4.78, 5) is 29.6. The average Bonchev–Trinajstić information content (AvgIpc) is 2.96. The summed E-state index contributed by atoms with van der Waals surface area (Å²) in [5.41, 5.74) is 1.79. The second-order valence-corrected chi connectivity index (χ2v) is 10.8. The minimum atomic E-state index is -1.20. The standard InChI is InChI=1S/2C17H27NO2.Zn/c2*1-2-3-4-5-6-7-8-9-10-12-15-13-11-14-16(18-15)17(19)20;/h2*11,13-14H,2-10,12H2,1H3,(H,19,20);/q;;+2/p-2. The van der Waals surface area contributed by atoms with Crippen LogP contribution in [0.2, 0.25) is 0 Å². The molecule has 0 bridgehead atoms. The van der Waals surface area contributed by atoms with Crippen LogP contribution < -0.4 is 10.2 Å². The van der Waals surface area contributed by atoms with E-state index in [1.54, 1.807) is 12.1 Å². The topological polar surface area (TPSA) is 106 Å². The Morgan fingerprint density at radius 2 is 0.805 bits per heavy atom. The molecule has 0 saturated heterocycles. The maximum absolute atomic E-state index is 10.7. The van der Waals surface area contributed by atoms with Crippen molar-refractivity contribution in [3.05, 3.63) is 59.2 Å². The normalized spacial score (nSPS) is 10.4. The third kappa shape index (κ3) is 21.3. The van der Waals surface area contributed by atoms with Crippen LogP contribution in [0.15, 0.2) is 36.4 Å². The monoisotopic (exact) mass is 616 g/mol. The van der Waals surface area contributed by atoms with E-state index in [1.165, 1.54) is 115 Å². The number of unbranched alkanes of at least 4 members (excludes halogenated alkanes) is 16. The number of aromatic carboxylic acids is 2. The summed E-state index contributed by atoms with van der Waals surface area (Å²) in [6.45, 7) is 4.48. The number of pyridine rings is 2. The van der Waals surface area contributed by atoms with Crippen LogP contribution in [-0.2, 0) is 32.3 Å². The molecule has 0 spiro atoms. The summed E-state index contributed by atoms with van der Waals surface area (Å²) in [6, 6.07) is 10.2. The summed E-state index contributed by atoms with van der Waals surface area (Å²) < 4.78 is 0. The number of aryl methyl sites for hydroxylation is 2. The Kier molecular flexibility index (Phi) is 25.3. The SMILES string of the molecule is CCCCCCCCCCCc1cccc(C(=O)[O-])n1.CCCCCCCCCCCc1cccc(C(=O)[O-])n1.[Zn+2]. The van der Waals surface area contributed by atoms with E-state index in [9.17, 15) is 19.8 Å². The van der Waals surface area contributed by atoms with Crippen LogP contribution in [0, 0.1) is 0 Å². The van der Waals surface area contributed by atoms with E-state index in [0.717, 1.165) is 37.1 Å². The van der Waals surface area contributed by atoms with Crippen molar-refractivity contribution in [1.82, 2.24) is 9.97 Å². The second-order valence-electron chi connectivity index (χ2n) is 10.8. The largest absolute Gasteiger partial charge is 2.00 e. The number of nitrogens with zero attached hydrogens (tertiary/aromatic N) is 2. The average molecular weight is 618 g/mol. The first-order chi connectivity index (χ1) is 19.5. The third-order valence-corrected chi connectivity index (χ3v) is 7.10. The van der Waals surface area contributed by atoms with Crippen molar-refractivity contribution in [3.8, 4) is 0 Å². The number of carbonyl (C=O) groups is 2. The van der Waals surface area contributed by atoms with Gasteiger partial charge >= 0.3 is 19.5 Å². The van der Waals surface area contributed by atoms with Crippen LogP contribution in [0.25, 0.3) is 0 Å². The van der Waals surface area contributed by atoms with Gasteiger partial charge in [-0.15, -0.1) is 0 Å². The molecule has 2 heterocycles. The summed E-state index contributed by atoms with van der Waals surface area (Å²) >= 11 is 0. The zero-order chi connectivity index (χ0) is 29.3. The van der Waals surface area contributed by atoms with Gasteiger partial charge in [0.15, 0.2) is 0 Å². The minimum Gasteiger partial charge on any atom is -0.543 e. The zero-order valence-electron chi connectivity index (χ0n) is 25.8. The Hall–Kier alpha value is -2.14. The van der Waals surface area contributed by atoms with Gasteiger partial charge in [-0.25, -0.2) is 0 Å². The third-order valence-electron chi connectivity index (χ3n) is 7.10. The molecule has 0 aromatic carbocycles. The van der Waals surface area contributed by atoms with E-state index < -0.39 is 11.9 Å². The van der Waals surface area contributed by atoms with Crippen LogP contribution in [-0.4, -0.2) is 21.9 Å². The van der Waals surface area contributed by atoms with E-state index in [0.29, 0.717) is 0 Å². The van der Waals surface area contributed by atoms with Crippen molar-refractivity contribution < 1.29 is 39.3 Å². The maximum atomic E-state index is 10.7. The molecule has 6 nitrogen and oxygen atoms in total. The fourth-order valence-electron chi connectivity index (χ4n) is 4.70. The Labute approximate surface area is 261 Å². The van der Waals surface area contributed by atoms with Gasteiger partial charge in [0.05, 0.1) is 23.3 Å². The Bertz CT molecular complexity index is 863. The predicted molar refractivity (Wildman–Crippen MR) is 159 cm³/mol. The fourth-order valence-corrected chi connectivity index (χ4v) is 4.70. The number of carbonyl (C=O) groups excluding carboxylic acids is 2. The molecule has 0 atom stereocenters. The van der Waals surface area contributed by atoms with E-state index in [1.807, 2.05) is 12.1 Å². The van der Waals surface area contributed by atoms with Gasteiger partial charge in [-0.3, -0.25) is 9.97 Å². The molecule has 0 radical (unpaired) electrons. The van der Waals surface area contributed by atoms with Crippen molar-refractivity contribution in [2.75, 3.05) is 0 Å². The molecule has 0 unspecified atom stereocenters. The van der Waals surface area contributed by atoms with E-state index >= 15 is 0 Å². The second kappa shape index (κ2) is 26.7. The first-order valence-electron chi connectivity index (χ1n) is 15.8. The van der Waals surface area contributed by atoms with Crippen LogP contribution in [0.5, 0.6) is 0 Å². The minimum absolute atomic E-state index is 0. The number of hydrogen-bond acceptors (Lipinski definition) is 6. The molecule has 0 aliphatic heterocycles. The molecule has 7 heteroatoms. The van der Waals surface area contributed by atoms with Gasteiger partial charge in [0.1, 0.15) is 0 Å². The van der Waals surface area contributed by atoms with Gasteiger partial charge in [0.2, 0.25) is 0 Å². The molecule has 0 fully saturated rings. The summed E-state index contributed by atoms with van der Waals surface area (Å²) in [5, 5.41) is 21.4. The smallest absolute Gasteiger partial charge is 0.543 e. The zero-order valence-corrected chi connectivity index (χ0v) is 28.8. The Morgan fingerprint density at radius 1 is 0.512 bits per heavy atom. The van der Waals surface area contributed by atoms with Gasteiger partial charge in [-0.2, -0.15) is 0 Å². The van der Waals surface area contributed by atoms with Crippen molar-refractivity contribution in [2.24, 2.45) is 0 Å². The van der Waals surface area contributed by atoms with Gasteiger partial charge in [-0.1, -0.05) is 129 Å². The molecule has 0 N–H and O–H groups in total. The molecule has 0 saturated carbocycles. The van der Waals surface area contributed by atoms with Crippen LogP contribution in [0.4, 0.5) is 0 Å². The van der Waals surface area contributed by atoms with Crippen molar-refractivity contribution in [3.63, 3.8) is 0 Å². The van der Waals surface area contributed by atoms with Crippen molar-refractivity contribution >= 4 is 11.9 Å². The quantitative estimate of drug-likeness (QED) is 0.104. The van der Waals surface area contributed by atoms with Gasteiger partial charge in [0.25, 0.3) is 0 Å². The number of carboxylic acids is 2. The fraction of sp³-hybridized carbons (Fsp3) is 0.647. The van der Waals surface area contributed by atoms with E-state index in [4.69, 9.17) is 0 Å². The molecule has 0 aliphatic carbocycles. The van der Waals surface area contributed by atoms with E-state index in [-0.39, 0.29) is 30.9 Å². The van der Waals surface area contributed by atoms with Crippen LogP contribution in [0.1, 0.15) is 162 Å². The number of aromatic nitrogens is 2. The first kappa shape index (κ1) is 38.9. The Morgan fingerprint density at radius 3 is 1.10 bits per heavy atom. The molecule has 2 aromatic rings. The van der Waals surface area contributed by atoms with Gasteiger partial charge in [0, 0.05) is 11.4 Å². The number of rotatable bonds is 22. The van der Waals surface area contributed by atoms with Gasteiger partial charge in [-0.05, 0) is 49.9 Å². The molecule has 41 heavy (non-hydrogen) atoms. The maximum Gasteiger partial charge on any atom is 2.00 e. The van der Waals surface area contributed by atoms with Crippen molar-refractivity contribution in [2.45, 2.75) is 142 Å². The Balaban J connectivity index is 0.000000762. The van der Waals surface area contributed by atoms with Crippen LogP contribution >= 0.6 is 0 Å². The molecule has 2 rings (SSSR count). The predicted octanol–water partition coefficient (Wildman–Crippen LogP) is 7.03. The first-order valence-corrected chi connectivity index (χ1v) is 15.8. The van der Waals surface area contributed by atoms with Gasteiger partial charge < -0.3 is 19.8 Å². The number of carboxylic acid groups (broad SMARTS) is 2. The summed E-state index contributed by atoms with van der Waals surface area (Å²) in [7, 11) is 0. The molecule has 0 amide bonds. The molecule has 224 valence electrons. The molecular weight excluding hydrogens is 566 g/mol. The molecule has 0 aliphatic rings.